The van der Waals surface area contributed by atoms with E-state index in [2.05, 4.69) is 52.1 Å². The number of carbonyl (C=O) groups excluding carboxylic acids is 1. The Labute approximate surface area is 190 Å². The van der Waals surface area contributed by atoms with E-state index in [0.29, 0.717) is 0 Å². The SMILES string of the molecule is CC(C)(C)CCc1ccc([C@]23CCC(C)(C)CC2=CN(CCC(=O)O)C(=O)N3)cc1Cl. The van der Waals surface area contributed by atoms with E-state index in [1.165, 1.54) is 4.90 Å². The zero-order valence-electron chi connectivity index (χ0n) is 19.3. The number of benzene rings is 1. The van der Waals surface area contributed by atoms with Crippen molar-refractivity contribution in [1.29, 1.82) is 0 Å². The number of nitrogens with zero attached hydrogens (tertiary/aromatic N) is 1. The molecule has 31 heavy (non-hydrogen) atoms. The lowest BCUT2D eigenvalue weighted by Gasteiger charge is -2.50. The van der Waals surface area contributed by atoms with Gasteiger partial charge in [-0.25, -0.2) is 4.79 Å². The first-order valence-electron chi connectivity index (χ1n) is 11.1. The van der Waals surface area contributed by atoms with Crippen LogP contribution in [0.25, 0.3) is 0 Å². The van der Waals surface area contributed by atoms with Crippen molar-refractivity contribution < 1.29 is 14.7 Å². The Kier molecular flexibility index (Phi) is 6.48. The maximum absolute atomic E-state index is 12.9. The molecule has 5 nitrogen and oxygen atoms in total. The normalized spacial score (nSPS) is 23.1. The topological polar surface area (TPSA) is 69.6 Å². The molecule has 2 N–H and O–H groups in total. The fourth-order valence-corrected chi connectivity index (χ4v) is 4.83. The first kappa shape index (κ1) is 23.6. The van der Waals surface area contributed by atoms with Crippen molar-refractivity contribution in [2.45, 2.75) is 78.7 Å². The molecule has 1 aromatic rings. The number of carboxylic acid groups (broad SMARTS) is 1. The molecule has 0 aromatic heterocycles. The van der Waals surface area contributed by atoms with E-state index in [1.807, 2.05) is 12.3 Å². The molecule has 170 valence electrons. The summed E-state index contributed by atoms with van der Waals surface area (Å²) in [5, 5.41) is 13.0. The number of carboxylic acids is 1. The molecule has 1 aliphatic heterocycles. The van der Waals surface area contributed by atoms with Crippen LogP contribution in [-0.4, -0.2) is 28.6 Å². The highest BCUT2D eigenvalue weighted by Crippen LogP contribution is 2.50. The highest BCUT2D eigenvalue weighted by Gasteiger charge is 2.47. The molecular weight excluding hydrogens is 412 g/mol. The van der Waals surface area contributed by atoms with Crippen molar-refractivity contribution >= 4 is 23.6 Å². The van der Waals surface area contributed by atoms with Crippen molar-refractivity contribution in [2.24, 2.45) is 10.8 Å². The summed E-state index contributed by atoms with van der Waals surface area (Å²) >= 11 is 6.70. The van der Waals surface area contributed by atoms with Crippen molar-refractivity contribution in [3.8, 4) is 0 Å². The van der Waals surface area contributed by atoms with Gasteiger partial charge in [-0.2, -0.15) is 0 Å². The standard InChI is InChI=1S/C25H35ClN2O3/c1-23(2,3)10-8-17-6-7-18(14-20(17)26)25-12-11-24(4,5)15-19(25)16-28(22(31)27-25)13-9-21(29)30/h6-7,14,16H,8-13,15H2,1-5H3,(H,27,31)(H,29,30)/t25-/m1/s1. The summed E-state index contributed by atoms with van der Waals surface area (Å²) in [4.78, 5) is 25.4. The van der Waals surface area contributed by atoms with Crippen LogP contribution >= 0.6 is 11.6 Å². The number of carbonyl (C=O) groups is 2. The molecule has 2 aliphatic rings. The second-order valence-corrected chi connectivity index (χ2v) is 11.4. The van der Waals surface area contributed by atoms with E-state index in [9.17, 15) is 9.59 Å². The van der Waals surface area contributed by atoms with Crippen molar-refractivity contribution in [3.05, 3.63) is 46.1 Å². The van der Waals surface area contributed by atoms with Crippen LogP contribution in [0.5, 0.6) is 0 Å². The maximum atomic E-state index is 12.9. The van der Waals surface area contributed by atoms with E-state index in [1.54, 1.807) is 0 Å². The van der Waals surface area contributed by atoms with Crippen LogP contribution < -0.4 is 5.32 Å². The van der Waals surface area contributed by atoms with Crippen LogP contribution in [0.3, 0.4) is 0 Å². The van der Waals surface area contributed by atoms with Crippen LogP contribution in [0.2, 0.25) is 5.02 Å². The Hall–Kier alpha value is -2.01. The number of amides is 2. The van der Waals surface area contributed by atoms with Crippen LogP contribution in [0, 0.1) is 10.8 Å². The minimum Gasteiger partial charge on any atom is -0.481 e. The monoisotopic (exact) mass is 446 g/mol. The average Bonchev–Trinajstić information content (AvgIpc) is 2.64. The number of aliphatic carboxylic acids is 1. The number of rotatable bonds is 6. The average molecular weight is 447 g/mol. The molecule has 1 heterocycles. The van der Waals surface area contributed by atoms with E-state index >= 15 is 0 Å². The molecule has 1 saturated carbocycles. The van der Waals surface area contributed by atoms with Crippen LogP contribution in [-0.2, 0) is 16.8 Å². The summed E-state index contributed by atoms with van der Waals surface area (Å²) in [6.45, 7) is 11.3. The number of nitrogens with one attached hydrogen (secondary N) is 1. The number of urea groups is 1. The van der Waals surface area contributed by atoms with Gasteiger partial charge in [-0.1, -0.05) is 58.4 Å². The first-order valence-corrected chi connectivity index (χ1v) is 11.5. The van der Waals surface area contributed by atoms with Crippen LogP contribution in [0.15, 0.2) is 30.0 Å². The largest absolute Gasteiger partial charge is 0.481 e. The van der Waals surface area contributed by atoms with Gasteiger partial charge in [0.25, 0.3) is 0 Å². The lowest BCUT2D eigenvalue weighted by molar-refractivity contribution is -0.137. The Morgan fingerprint density at radius 3 is 2.58 bits per heavy atom. The first-order chi connectivity index (χ1) is 14.3. The van der Waals surface area contributed by atoms with Crippen molar-refractivity contribution in [3.63, 3.8) is 0 Å². The third kappa shape index (κ3) is 5.43. The second kappa shape index (κ2) is 8.50. The van der Waals surface area contributed by atoms with E-state index < -0.39 is 11.5 Å². The number of hydrogen-bond acceptors (Lipinski definition) is 2. The molecule has 0 unspecified atom stereocenters. The van der Waals surface area contributed by atoms with Crippen molar-refractivity contribution in [2.75, 3.05) is 6.54 Å². The van der Waals surface area contributed by atoms with Crippen LogP contribution in [0.1, 0.15) is 77.8 Å². The van der Waals surface area contributed by atoms with Crippen LogP contribution in [0.4, 0.5) is 4.79 Å². The quantitative estimate of drug-likeness (QED) is 0.554. The molecule has 2 amide bonds. The summed E-state index contributed by atoms with van der Waals surface area (Å²) in [5.74, 6) is -0.912. The van der Waals surface area contributed by atoms with Gasteiger partial charge >= 0.3 is 12.0 Å². The maximum Gasteiger partial charge on any atom is 0.322 e. The van der Waals surface area contributed by atoms with E-state index in [4.69, 9.17) is 16.7 Å². The highest BCUT2D eigenvalue weighted by atomic mass is 35.5. The molecule has 0 bridgehead atoms. The lowest BCUT2D eigenvalue weighted by atomic mass is 9.63. The lowest BCUT2D eigenvalue weighted by Crippen LogP contribution is -2.57. The molecule has 1 aromatic carbocycles. The molecule has 1 fully saturated rings. The molecule has 6 heteroatoms. The minimum absolute atomic E-state index is 0.0815. The van der Waals surface area contributed by atoms with Gasteiger partial charge < -0.3 is 15.3 Å². The number of halogens is 1. The Bertz CT molecular complexity index is 901. The summed E-state index contributed by atoms with van der Waals surface area (Å²) < 4.78 is 0. The zero-order chi connectivity index (χ0) is 23.0. The third-order valence-electron chi connectivity index (χ3n) is 6.54. The Balaban J connectivity index is 1.95. The van der Waals surface area contributed by atoms with Gasteiger partial charge in [0, 0.05) is 17.8 Å². The summed E-state index contributed by atoms with van der Waals surface area (Å²) in [6, 6.07) is 5.96. The minimum atomic E-state index is -0.912. The predicted octanol–water partition coefficient (Wildman–Crippen LogP) is 6.11. The molecule has 0 spiro atoms. The zero-order valence-corrected chi connectivity index (χ0v) is 20.1. The molecule has 0 radical (unpaired) electrons. The molecule has 1 atom stereocenters. The molecule has 0 saturated heterocycles. The van der Waals surface area contributed by atoms with Gasteiger partial charge in [0.05, 0.1) is 12.0 Å². The predicted molar refractivity (Wildman–Crippen MR) is 124 cm³/mol. The number of aryl methyl sites for hydroxylation is 1. The van der Waals surface area contributed by atoms with Gasteiger partial charge in [-0.05, 0) is 65.7 Å². The van der Waals surface area contributed by atoms with Gasteiger partial charge in [-0.3, -0.25) is 4.79 Å². The Morgan fingerprint density at radius 2 is 1.97 bits per heavy atom. The summed E-state index contributed by atoms with van der Waals surface area (Å²) in [7, 11) is 0. The van der Waals surface area contributed by atoms with Gasteiger partial charge in [0.2, 0.25) is 0 Å². The van der Waals surface area contributed by atoms with Gasteiger partial charge in [0.15, 0.2) is 0 Å². The Morgan fingerprint density at radius 1 is 1.26 bits per heavy atom. The summed E-state index contributed by atoms with van der Waals surface area (Å²) in [5.41, 5.74) is 3.02. The van der Waals surface area contributed by atoms with Crippen molar-refractivity contribution in [1.82, 2.24) is 10.2 Å². The van der Waals surface area contributed by atoms with Gasteiger partial charge in [-0.15, -0.1) is 0 Å². The molecule has 1 aliphatic carbocycles. The highest BCUT2D eigenvalue weighted by molar-refractivity contribution is 6.31. The second-order valence-electron chi connectivity index (χ2n) is 11.0. The fraction of sp³-hybridized carbons (Fsp3) is 0.600. The van der Waals surface area contributed by atoms with E-state index in [-0.39, 0.29) is 29.8 Å². The number of fused-ring (bicyclic) bond motifs is 1. The van der Waals surface area contributed by atoms with E-state index in [0.717, 1.165) is 53.8 Å². The third-order valence-corrected chi connectivity index (χ3v) is 6.90. The summed E-state index contributed by atoms with van der Waals surface area (Å²) in [6.07, 6.45) is 6.36. The number of hydrogen-bond donors (Lipinski definition) is 2. The smallest absolute Gasteiger partial charge is 0.322 e. The molecular formula is C25H35ClN2O3. The van der Waals surface area contributed by atoms with Gasteiger partial charge in [0.1, 0.15) is 0 Å². The molecule has 3 rings (SSSR count). The fourth-order valence-electron chi connectivity index (χ4n) is 4.55.